The molecule has 2 saturated carbocycles. The highest BCUT2D eigenvalue weighted by Gasteiger charge is 2.69. The first-order valence-corrected chi connectivity index (χ1v) is 15.0. The first kappa shape index (κ1) is 29.4. The number of likely N-dealkylation sites (N-methyl/N-ethyl adjacent to an activating group) is 1. The number of amides is 1. The molecule has 0 aromatic heterocycles. The van der Waals surface area contributed by atoms with Crippen molar-refractivity contribution in [3.63, 3.8) is 0 Å². The van der Waals surface area contributed by atoms with E-state index in [9.17, 15) is 34.2 Å². The quantitative estimate of drug-likeness (QED) is 0.270. The van der Waals surface area contributed by atoms with E-state index >= 15 is 0 Å². The van der Waals surface area contributed by atoms with Crippen molar-refractivity contribution in [1.82, 2.24) is 9.80 Å². The van der Waals surface area contributed by atoms with Crippen molar-refractivity contribution in [1.29, 1.82) is 0 Å². The lowest BCUT2D eigenvalue weighted by atomic mass is 9.52. The average Bonchev–Trinajstić information content (AvgIpc) is 2.92. The van der Waals surface area contributed by atoms with Gasteiger partial charge in [-0.25, -0.2) is 0 Å². The van der Waals surface area contributed by atoms with Crippen molar-refractivity contribution in [2.75, 3.05) is 39.0 Å². The summed E-state index contributed by atoms with van der Waals surface area (Å²) in [5.41, 5.74) is 4.97. The lowest BCUT2D eigenvalue weighted by Gasteiger charge is -2.52. The highest BCUT2D eigenvalue weighted by atomic mass is 16.3. The molecule has 0 bridgehead atoms. The number of aromatic hydroxyl groups is 1. The van der Waals surface area contributed by atoms with E-state index in [0.717, 1.165) is 36.9 Å². The van der Waals surface area contributed by atoms with E-state index in [-0.39, 0.29) is 24.2 Å². The Kier molecular flexibility index (Phi) is 7.18. The highest BCUT2D eigenvalue weighted by Crippen LogP contribution is 2.53. The van der Waals surface area contributed by atoms with Crippen LogP contribution in [-0.4, -0.2) is 94.4 Å². The molecule has 1 heterocycles. The van der Waals surface area contributed by atoms with Gasteiger partial charge in [0.1, 0.15) is 5.75 Å². The number of carbonyl (C=O) groups is 5. The lowest BCUT2D eigenvalue weighted by molar-refractivity contribution is -0.181. The minimum absolute atomic E-state index is 0.0128. The number of hydrogen-bond acceptors (Lipinski definition) is 10. The standard InChI is InChI=1S/C32H38N4O7/c1-4-8-34-24-17-7-6-15(14-36-9-5-10-36)11-18(17)26(37)22-19(24)12-16-13-20-25(35(2)3)28(39)23(31(33)42)30(41)32(20,43)29(40)21(16)27(22)38/h6-7,11,16,20-21,23,25,34,37,43H,4-5,8-10,12-14H2,1-3H3,(H2,33,42)/t16-,20-,21?,23?,25-,32-/m0/s1. The summed E-state index contributed by atoms with van der Waals surface area (Å²) >= 11 is 0. The maximum atomic E-state index is 14.3. The maximum absolute atomic E-state index is 14.3. The fourth-order valence-corrected chi connectivity index (χ4v) is 7.87. The summed E-state index contributed by atoms with van der Waals surface area (Å²) < 4.78 is 0. The second-order valence-electron chi connectivity index (χ2n) is 12.8. The Labute approximate surface area is 249 Å². The van der Waals surface area contributed by atoms with Crippen molar-refractivity contribution in [2.45, 2.75) is 50.8 Å². The molecule has 0 spiro atoms. The summed E-state index contributed by atoms with van der Waals surface area (Å²) in [7, 11) is 3.14. The third-order valence-corrected chi connectivity index (χ3v) is 10.0. The molecule has 0 radical (unpaired) electrons. The van der Waals surface area contributed by atoms with Crippen LogP contribution in [0.15, 0.2) is 18.2 Å². The predicted octanol–water partition coefficient (Wildman–Crippen LogP) is 1.05. The number of nitrogens with two attached hydrogens (primary N) is 1. The van der Waals surface area contributed by atoms with Gasteiger partial charge in [-0.3, -0.25) is 33.8 Å². The molecule has 4 aliphatic rings. The molecule has 1 aliphatic heterocycles. The second-order valence-corrected chi connectivity index (χ2v) is 12.8. The van der Waals surface area contributed by atoms with Gasteiger partial charge in [-0.2, -0.15) is 0 Å². The Hall–Kier alpha value is -3.67. The molecule has 5 N–H and O–H groups in total. The predicted molar refractivity (Wildman–Crippen MR) is 158 cm³/mol. The molecule has 2 aromatic rings. The van der Waals surface area contributed by atoms with Crippen molar-refractivity contribution >= 4 is 45.5 Å². The van der Waals surface area contributed by atoms with E-state index in [0.29, 0.717) is 29.7 Å². The molecule has 228 valence electrons. The van der Waals surface area contributed by atoms with E-state index in [1.807, 2.05) is 25.1 Å². The first-order chi connectivity index (χ1) is 20.4. The van der Waals surface area contributed by atoms with Gasteiger partial charge in [0, 0.05) is 35.5 Å². The first-order valence-electron chi connectivity index (χ1n) is 15.0. The minimum atomic E-state index is -2.74. The van der Waals surface area contributed by atoms with Gasteiger partial charge in [0.25, 0.3) is 0 Å². The molecule has 2 unspecified atom stereocenters. The Morgan fingerprint density at radius 3 is 2.47 bits per heavy atom. The monoisotopic (exact) mass is 590 g/mol. The van der Waals surface area contributed by atoms with Crippen molar-refractivity contribution in [3.8, 4) is 5.75 Å². The van der Waals surface area contributed by atoms with Gasteiger partial charge < -0.3 is 21.3 Å². The second kappa shape index (κ2) is 10.5. The highest BCUT2D eigenvalue weighted by molar-refractivity contribution is 6.32. The third kappa shape index (κ3) is 4.23. The Morgan fingerprint density at radius 1 is 1.14 bits per heavy atom. The number of primary amides is 1. The van der Waals surface area contributed by atoms with Gasteiger partial charge in [-0.1, -0.05) is 19.1 Å². The summed E-state index contributed by atoms with van der Waals surface area (Å²) in [6, 6.07) is 4.72. The van der Waals surface area contributed by atoms with Gasteiger partial charge >= 0.3 is 0 Å². The van der Waals surface area contributed by atoms with Crippen LogP contribution in [0, 0.1) is 23.7 Å². The van der Waals surface area contributed by atoms with Crippen LogP contribution >= 0.6 is 0 Å². The number of phenols is 1. The average molecular weight is 591 g/mol. The Balaban J connectivity index is 1.49. The molecule has 1 saturated heterocycles. The van der Waals surface area contributed by atoms with Gasteiger partial charge in [0.15, 0.2) is 34.7 Å². The van der Waals surface area contributed by atoms with Crippen LogP contribution in [0.25, 0.3) is 10.8 Å². The molecule has 6 rings (SSSR count). The summed E-state index contributed by atoms with van der Waals surface area (Å²) in [4.78, 5) is 71.3. The lowest BCUT2D eigenvalue weighted by Crippen LogP contribution is -2.74. The third-order valence-electron chi connectivity index (χ3n) is 10.0. The van der Waals surface area contributed by atoms with Gasteiger partial charge in [-0.05, 0) is 76.0 Å². The van der Waals surface area contributed by atoms with Crippen LogP contribution in [-0.2, 0) is 32.1 Å². The fourth-order valence-electron chi connectivity index (χ4n) is 7.87. The van der Waals surface area contributed by atoms with Crippen molar-refractivity contribution in [3.05, 3.63) is 34.9 Å². The number of aliphatic hydroxyl groups is 1. The Morgan fingerprint density at radius 2 is 1.86 bits per heavy atom. The number of fused-ring (bicyclic) bond motifs is 4. The molecule has 11 heteroatoms. The zero-order valence-corrected chi connectivity index (χ0v) is 24.7. The van der Waals surface area contributed by atoms with Crippen LogP contribution in [0.2, 0.25) is 0 Å². The summed E-state index contributed by atoms with van der Waals surface area (Å²) in [6.07, 6.45) is 2.19. The number of ketones is 4. The molecule has 2 aromatic carbocycles. The molecule has 3 aliphatic carbocycles. The number of phenolic OH excluding ortho intramolecular Hbond substituents is 1. The number of benzene rings is 2. The number of likely N-dealkylation sites (tertiary alicyclic amines) is 1. The fraction of sp³-hybridized carbons (Fsp3) is 0.531. The van der Waals surface area contributed by atoms with Gasteiger partial charge in [-0.15, -0.1) is 0 Å². The number of Topliss-reactive ketones (excluding diaryl/α,β-unsaturated/α-hetero) is 4. The number of carbonyl (C=O) groups excluding carboxylic acids is 5. The molecule has 1 amide bonds. The van der Waals surface area contributed by atoms with Crippen molar-refractivity contribution < 1.29 is 34.2 Å². The molecular formula is C32H38N4O7. The number of hydrogen-bond donors (Lipinski definition) is 4. The van der Waals surface area contributed by atoms with Gasteiger partial charge in [0.2, 0.25) is 5.91 Å². The van der Waals surface area contributed by atoms with Crippen LogP contribution < -0.4 is 11.1 Å². The number of nitrogens with zero attached hydrogens (tertiary/aromatic N) is 2. The largest absolute Gasteiger partial charge is 0.507 e. The summed E-state index contributed by atoms with van der Waals surface area (Å²) in [6.45, 7) is 5.35. The van der Waals surface area contributed by atoms with E-state index in [4.69, 9.17) is 5.73 Å². The maximum Gasteiger partial charge on any atom is 0.235 e. The molecule has 11 nitrogen and oxygen atoms in total. The normalized spacial score (nSPS) is 30.6. The van der Waals surface area contributed by atoms with Crippen LogP contribution in [0.1, 0.15) is 47.7 Å². The van der Waals surface area contributed by atoms with Crippen LogP contribution in [0.4, 0.5) is 5.69 Å². The Bertz CT molecular complexity index is 1580. The van der Waals surface area contributed by atoms with E-state index in [2.05, 4.69) is 10.2 Å². The van der Waals surface area contributed by atoms with Gasteiger partial charge in [0.05, 0.1) is 17.5 Å². The SMILES string of the molecule is CCCNc1c2c(c(O)c3cc(CN4CCC4)ccc13)C(=O)C1C(=O)[C@]3(O)C(=O)C(C(N)=O)C(=O)[C@@H](N(C)C)[C@@H]3C[C@@H]1C2. The van der Waals surface area contributed by atoms with Crippen molar-refractivity contribution in [2.24, 2.45) is 29.4 Å². The van der Waals surface area contributed by atoms with E-state index in [1.54, 1.807) is 14.1 Å². The molecule has 3 fully saturated rings. The van der Waals surface area contributed by atoms with Crippen LogP contribution in [0.5, 0.6) is 5.75 Å². The zero-order valence-electron chi connectivity index (χ0n) is 24.7. The minimum Gasteiger partial charge on any atom is -0.507 e. The molecular weight excluding hydrogens is 552 g/mol. The zero-order chi connectivity index (χ0) is 31.0. The summed E-state index contributed by atoms with van der Waals surface area (Å²) in [5, 5.41) is 28.2. The number of rotatable bonds is 7. The molecule has 43 heavy (non-hydrogen) atoms. The van der Waals surface area contributed by atoms with E-state index < -0.39 is 64.4 Å². The summed E-state index contributed by atoms with van der Waals surface area (Å²) in [5.74, 6) is -10.4. The van der Waals surface area contributed by atoms with E-state index in [1.165, 1.54) is 4.90 Å². The van der Waals surface area contributed by atoms with Crippen LogP contribution in [0.3, 0.4) is 0 Å². The topological polar surface area (TPSA) is 170 Å². The molecule has 6 atom stereocenters. The smallest absolute Gasteiger partial charge is 0.235 e. The number of anilines is 1. The number of nitrogens with one attached hydrogen (secondary N) is 1.